The van der Waals surface area contributed by atoms with Crippen molar-refractivity contribution in [3.05, 3.63) is 59.4 Å². The van der Waals surface area contributed by atoms with Gasteiger partial charge in [0.2, 0.25) is 0 Å². The number of hydrogen-bond donors (Lipinski definition) is 2. The number of nitrogens with zero attached hydrogens (tertiary/aromatic N) is 1. The van der Waals surface area contributed by atoms with Gasteiger partial charge in [-0.1, -0.05) is 18.2 Å². The molecule has 0 heterocycles. The molecule has 5 nitrogen and oxygen atoms in total. The minimum Gasteiger partial charge on any atom is -0.492 e. The number of nitrogens with one attached hydrogen (secondary N) is 2. The predicted molar refractivity (Wildman–Crippen MR) is 97.6 cm³/mol. The van der Waals surface area contributed by atoms with Crippen molar-refractivity contribution in [1.82, 2.24) is 10.6 Å². The Morgan fingerprint density at radius 3 is 2.64 bits per heavy atom. The second-order valence-electron chi connectivity index (χ2n) is 5.95. The Balaban J connectivity index is 1.69. The monoisotopic (exact) mass is 345 g/mol. The molecule has 0 atom stereocenters. The van der Waals surface area contributed by atoms with E-state index in [2.05, 4.69) is 10.6 Å². The highest BCUT2D eigenvalue weighted by molar-refractivity contribution is 5.73. The minimum absolute atomic E-state index is 0.259. The number of benzene rings is 2. The van der Waals surface area contributed by atoms with Gasteiger partial charge in [0.1, 0.15) is 18.2 Å². The second-order valence-corrected chi connectivity index (χ2v) is 5.95. The highest BCUT2D eigenvalue weighted by Crippen LogP contribution is 2.18. The lowest BCUT2D eigenvalue weighted by Gasteiger charge is -2.14. The molecular formula is C19H24FN3O2. The summed E-state index contributed by atoms with van der Waals surface area (Å²) in [4.78, 5) is 13.5. The molecule has 25 heavy (non-hydrogen) atoms. The average Bonchev–Trinajstić information content (AvgIpc) is 2.56. The van der Waals surface area contributed by atoms with E-state index in [1.165, 1.54) is 6.07 Å². The van der Waals surface area contributed by atoms with Crippen LogP contribution in [0.1, 0.15) is 11.1 Å². The van der Waals surface area contributed by atoms with Crippen LogP contribution in [0.2, 0.25) is 0 Å². The number of carbonyl (C=O) groups excluding carboxylic acids is 1. The van der Waals surface area contributed by atoms with Crippen molar-refractivity contribution < 1.29 is 13.9 Å². The Hall–Kier alpha value is -2.76. The molecule has 0 bridgehead atoms. The third-order valence-corrected chi connectivity index (χ3v) is 3.59. The number of urea groups is 1. The summed E-state index contributed by atoms with van der Waals surface area (Å²) in [6.45, 7) is 3.01. The Morgan fingerprint density at radius 1 is 1.16 bits per heavy atom. The third-order valence-electron chi connectivity index (χ3n) is 3.59. The molecule has 0 aliphatic rings. The summed E-state index contributed by atoms with van der Waals surface area (Å²) in [6, 6.07) is 12.3. The highest BCUT2D eigenvalue weighted by atomic mass is 19.1. The van der Waals surface area contributed by atoms with Crippen molar-refractivity contribution in [2.24, 2.45) is 0 Å². The van der Waals surface area contributed by atoms with E-state index in [4.69, 9.17) is 4.74 Å². The number of carbonyl (C=O) groups is 1. The Morgan fingerprint density at radius 2 is 1.96 bits per heavy atom. The fourth-order valence-electron chi connectivity index (χ4n) is 2.31. The average molecular weight is 345 g/mol. The first kappa shape index (κ1) is 18.6. The topological polar surface area (TPSA) is 53.6 Å². The van der Waals surface area contributed by atoms with Crippen LogP contribution in [0.15, 0.2) is 42.5 Å². The number of rotatable bonds is 7. The Bertz CT molecular complexity index is 720. The lowest BCUT2D eigenvalue weighted by molar-refractivity contribution is 0.236. The van der Waals surface area contributed by atoms with Crippen LogP contribution in [0.4, 0.5) is 14.9 Å². The van der Waals surface area contributed by atoms with Crippen LogP contribution in [0.5, 0.6) is 5.75 Å². The molecule has 2 rings (SSSR count). The van der Waals surface area contributed by atoms with Gasteiger partial charge in [0.25, 0.3) is 0 Å². The molecule has 0 spiro atoms. The molecule has 0 aromatic heterocycles. The van der Waals surface area contributed by atoms with E-state index in [1.54, 1.807) is 31.1 Å². The molecule has 0 aliphatic heterocycles. The smallest absolute Gasteiger partial charge is 0.315 e. The van der Waals surface area contributed by atoms with E-state index in [-0.39, 0.29) is 18.4 Å². The van der Waals surface area contributed by atoms with E-state index in [0.717, 1.165) is 11.3 Å². The zero-order valence-electron chi connectivity index (χ0n) is 14.8. The minimum atomic E-state index is -0.315. The number of aryl methyl sites for hydroxylation is 1. The molecule has 0 aliphatic carbocycles. The van der Waals surface area contributed by atoms with Crippen molar-refractivity contribution in [2.45, 2.75) is 13.5 Å². The maximum atomic E-state index is 13.9. The standard InChI is InChI=1S/C19H24FN3O2/c1-14-5-4-6-16(11-14)25-10-9-21-19(24)22-13-15-7-8-18(23(2)3)17(20)12-15/h4-8,11-12H,9-10,13H2,1-3H3,(H2,21,22,24). The zero-order valence-corrected chi connectivity index (χ0v) is 14.8. The highest BCUT2D eigenvalue weighted by Gasteiger charge is 2.06. The van der Waals surface area contributed by atoms with Crippen molar-refractivity contribution in [3.63, 3.8) is 0 Å². The number of halogens is 1. The van der Waals surface area contributed by atoms with Crippen LogP contribution >= 0.6 is 0 Å². The Kier molecular flexibility index (Phi) is 6.62. The summed E-state index contributed by atoms with van der Waals surface area (Å²) in [5.41, 5.74) is 2.34. The molecule has 0 unspecified atom stereocenters. The number of hydrogen-bond acceptors (Lipinski definition) is 3. The van der Waals surface area contributed by atoms with Crippen LogP contribution in [0.3, 0.4) is 0 Å². The third kappa shape index (κ3) is 5.99. The Labute approximate surface area is 147 Å². The molecule has 2 aromatic rings. The lowest BCUT2D eigenvalue weighted by atomic mass is 10.2. The van der Waals surface area contributed by atoms with Gasteiger partial charge in [-0.25, -0.2) is 9.18 Å². The van der Waals surface area contributed by atoms with Crippen molar-refractivity contribution in [3.8, 4) is 5.75 Å². The van der Waals surface area contributed by atoms with Crippen LogP contribution in [0, 0.1) is 12.7 Å². The molecule has 0 radical (unpaired) electrons. The number of anilines is 1. The van der Waals surface area contributed by atoms with Gasteiger partial charge in [-0.15, -0.1) is 0 Å². The van der Waals surface area contributed by atoms with Crippen LogP contribution in [-0.4, -0.2) is 33.3 Å². The first-order chi connectivity index (χ1) is 12.0. The number of ether oxygens (including phenoxy) is 1. The van der Waals surface area contributed by atoms with E-state index >= 15 is 0 Å². The normalized spacial score (nSPS) is 10.2. The number of amides is 2. The van der Waals surface area contributed by atoms with Crippen molar-refractivity contribution >= 4 is 11.7 Å². The van der Waals surface area contributed by atoms with Crippen molar-refractivity contribution in [2.75, 3.05) is 32.1 Å². The molecular weight excluding hydrogens is 321 g/mol. The van der Waals surface area contributed by atoms with E-state index in [1.807, 2.05) is 31.2 Å². The molecule has 2 amide bonds. The van der Waals surface area contributed by atoms with Gasteiger partial charge in [0.05, 0.1) is 12.2 Å². The molecule has 134 valence electrons. The van der Waals surface area contributed by atoms with Crippen molar-refractivity contribution in [1.29, 1.82) is 0 Å². The first-order valence-corrected chi connectivity index (χ1v) is 8.12. The summed E-state index contributed by atoms with van der Waals surface area (Å²) in [7, 11) is 3.56. The SMILES string of the molecule is Cc1cccc(OCCNC(=O)NCc2ccc(N(C)C)c(F)c2)c1. The summed E-state index contributed by atoms with van der Waals surface area (Å²) >= 11 is 0. The van der Waals surface area contributed by atoms with Gasteiger partial charge in [0.15, 0.2) is 0 Å². The van der Waals surface area contributed by atoms with Crippen LogP contribution in [-0.2, 0) is 6.54 Å². The molecule has 2 N–H and O–H groups in total. The predicted octanol–water partition coefficient (Wildman–Crippen LogP) is 3.08. The lowest BCUT2D eigenvalue weighted by Crippen LogP contribution is -2.37. The summed E-state index contributed by atoms with van der Waals surface area (Å²) < 4.78 is 19.4. The largest absolute Gasteiger partial charge is 0.492 e. The molecule has 0 saturated carbocycles. The van der Waals surface area contributed by atoms with Crippen LogP contribution < -0.4 is 20.3 Å². The summed E-state index contributed by atoms with van der Waals surface area (Å²) in [6.07, 6.45) is 0. The summed E-state index contributed by atoms with van der Waals surface area (Å²) in [5, 5.41) is 5.40. The maximum Gasteiger partial charge on any atom is 0.315 e. The molecule has 6 heteroatoms. The molecule has 0 fully saturated rings. The molecule has 2 aromatic carbocycles. The van der Waals surface area contributed by atoms with Gasteiger partial charge < -0.3 is 20.3 Å². The zero-order chi connectivity index (χ0) is 18.2. The van der Waals surface area contributed by atoms with Gasteiger partial charge in [0, 0.05) is 20.6 Å². The van der Waals surface area contributed by atoms with E-state index in [0.29, 0.717) is 24.4 Å². The maximum absolute atomic E-state index is 13.9. The van der Waals surface area contributed by atoms with Gasteiger partial charge in [-0.05, 0) is 42.3 Å². The van der Waals surface area contributed by atoms with Crippen LogP contribution in [0.25, 0.3) is 0 Å². The quantitative estimate of drug-likeness (QED) is 0.758. The fourth-order valence-corrected chi connectivity index (χ4v) is 2.31. The van der Waals surface area contributed by atoms with E-state index in [9.17, 15) is 9.18 Å². The second kappa shape index (κ2) is 8.92. The van der Waals surface area contributed by atoms with Gasteiger partial charge in [-0.2, -0.15) is 0 Å². The van der Waals surface area contributed by atoms with Gasteiger partial charge in [-0.3, -0.25) is 0 Å². The molecule has 0 saturated heterocycles. The van der Waals surface area contributed by atoms with Gasteiger partial charge >= 0.3 is 6.03 Å². The first-order valence-electron chi connectivity index (χ1n) is 8.12. The summed E-state index contributed by atoms with van der Waals surface area (Å²) in [5.74, 6) is 0.468. The fraction of sp³-hybridized carbons (Fsp3) is 0.316. The van der Waals surface area contributed by atoms with E-state index < -0.39 is 0 Å².